The van der Waals surface area contributed by atoms with Crippen molar-refractivity contribution in [3.8, 4) is 11.1 Å². The van der Waals surface area contributed by atoms with Crippen molar-refractivity contribution in [1.29, 1.82) is 0 Å². The van der Waals surface area contributed by atoms with Crippen molar-refractivity contribution >= 4 is 27.9 Å². The van der Waals surface area contributed by atoms with Crippen LogP contribution in [0.5, 0.6) is 0 Å². The third-order valence-electron chi connectivity index (χ3n) is 4.96. The molecule has 4 rings (SSSR count). The summed E-state index contributed by atoms with van der Waals surface area (Å²) in [7, 11) is 0.0299. The summed E-state index contributed by atoms with van der Waals surface area (Å²) in [5, 5.41) is 4.01. The molecule has 10 nitrogen and oxygen atoms in total. The van der Waals surface area contributed by atoms with Crippen molar-refractivity contribution in [3.05, 3.63) is 72.6 Å². The summed E-state index contributed by atoms with van der Waals surface area (Å²) in [4.78, 5) is 20.3. The van der Waals surface area contributed by atoms with E-state index in [0.717, 1.165) is 15.5 Å². The lowest BCUT2D eigenvalue weighted by molar-refractivity contribution is 0.0589. The van der Waals surface area contributed by atoms with Gasteiger partial charge in [0.15, 0.2) is 5.03 Å². The van der Waals surface area contributed by atoms with Crippen LogP contribution in [0.3, 0.4) is 0 Å². The Hall–Kier alpha value is -3.99. The maximum Gasteiger partial charge on any atom is 0.354 e. The van der Waals surface area contributed by atoms with E-state index in [9.17, 15) is 13.2 Å². The lowest BCUT2D eigenvalue weighted by atomic mass is 10.1. The minimum absolute atomic E-state index is 0.0884. The normalized spacial score (nSPS) is 11.8. The van der Waals surface area contributed by atoms with Gasteiger partial charge in [-0.05, 0) is 30.3 Å². The average molecular weight is 452 g/mol. The summed E-state index contributed by atoms with van der Waals surface area (Å²) in [6.45, 7) is 0. The van der Waals surface area contributed by atoms with Crippen molar-refractivity contribution in [2.45, 2.75) is 5.03 Å². The van der Waals surface area contributed by atoms with Crippen LogP contribution in [0.2, 0.25) is 0 Å². The number of aromatic nitrogens is 4. The molecule has 0 aliphatic carbocycles. The van der Waals surface area contributed by atoms with Crippen LogP contribution >= 0.6 is 0 Å². The second-order valence-electron chi connectivity index (χ2n) is 6.86. The quantitative estimate of drug-likeness (QED) is 0.252. The number of sulfonamides is 1. The molecule has 0 saturated carbocycles. The Kier molecular flexibility index (Phi) is 5.49. The number of fused-ring (bicyclic) bond motifs is 1. The van der Waals surface area contributed by atoms with Gasteiger partial charge in [0.25, 0.3) is 10.0 Å². The van der Waals surface area contributed by atoms with Gasteiger partial charge in [-0.1, -0.05) is 6.07 Å². The van der Waals surface area contributed by atoms with Crippen molar-refractivity contribution in [1.82, 2.24) is 23.3 Å². The molecule has 11 heteroatoms. The summed E-state index contributed by atoms with van der Waals surface area (Å²) in [6, 6.07) is 10.3. The second kappa shape index (κ2) is 8.27. The van der Waals surface area contributed by atoms with Crippen LogP contribution in [-0.4, -0.2) is 58.1 Å². The first-order valence-corrected chi connectivity index (χ1v) is 10.9. The fourth-order valence-corrected chi connectivity index (χ4v) is 4.32. The Balaban J connectivity index is 1.64. The number of carbonyl (C=O) groups excluding carboxylic acids is 1. The number of rotatable bonds is 6. The molecule has 0 saturated heterocycles. The summed E-state index contributed by atoms with van der Waals surface area (Å²) in [5.74, 6) is -0.629. The predicted molar refractivity (Wildman–Crippen MR) is 118 cm³/mol. The maximum absolute atomic E-state index is 12.9. The molecule has 0 bridgehead atoms. The largest absolute Gasteiger partial charge is 0.464 e. The molecule has 4 heterocycles. The standard InChI is InChI=1S/C21H20N6O4S/c1-25-18(21(28)31-3)7-9-20(25)32(29,30)26(2)24-13-17-12-23-19-8-6-16(14-27(17)19)15-5-4-10-22-11-15/h4-14H,1-3H3. The lowest BCUT2D eigenvalue weighted by Gasteiger charge is -2.14. The van der Waals surface area contributed by atoms with E-state index in [1.165, 1.54) is 44.1 Å². The van der Waals surface area contributed by atoms with Crippen LogP contribution in [-0.2, 0) is 21.8 Å². The van der Waals surface area contributed by atoms with E-state index in [1.807, 2.05) is 34.9 Å². The predicted octanol–water partition coefficient (Wildman–Crippen LogP) is 2.18. The molecule has 0 aromatic carbocycles. The molecule has 0 aliphatic rings. The number of pyridine rings is 2. The minimum Gasteiger partial charge on any atom is -0.464 e. The SMILES string of the molecule is COC(=O)c1ccc(S(=O)(=O)N(C)N=Cc2cnc3ccc(-c4cccnc4)cn23)n1C. The van der Waals surface area contributed by atoms with Gasteiger partial charge in [-0.2, -0.15) is 17.9 Å². The molecule has 32 heavy (non-hydrogen) atoms. The Bertz CT molecular complexity index is 1420. The van der Waals surface area contributed by atoms with E-state index in [4.69, 9.17) is 0 Å². The van der Waals surface area contributed by atoms with E-state index in [1.54, 1.807) is 18.6 Å². The summed E-state index contributed by atoms with van der Waals surface area (Å²) < 4.78 is 34.5. The highest BCUT2D eigenvalue weighted by atomic mass is 32.2. The Labute approximate surface area is 184 Å². The number of esters is 1. The van der Waals surface area contributed by atoms with Gasteiger partial charge >= 0.3 is 5.97 Å². The van der Waals surface area contributed by atoms with E-state index in [0.29, 0.717) is 11.3 Å². The summed E-state index contributed by atoms with van der Waals surface area (Å²) in [6.07, 6.45) is 8.36. The van der Waals surface area contributed by atoms with Gasteiger partial charge in [0.2, 0.25) is 0 Å². The maximum atomic E-state index is 12.9. The zero-order chi connectivity index (χ0) is 22.9. The third-order valence-corrected chi connectivity index (χ3v) is 6.69. The van der Waals surface area contributed by atoms with Crippen molar-refractivity contribution in [2.75, 3.05) is 14.2 Å². The zero-order valence-corrected chi connectivity index (χ0v) is 18.4. The molecule has 0 atom stereocenters. The highest BCUT2D eigenvalue weighted by Crippen LogP contribution is 2.20. The monoisotopic (exact) mass is 452 g/mol. The van der Waals surface area contributed by atoms with Gasteiger partial charge in [0.1, 0.15) is 11.3 Å². The molecular formula is C21H20N6O4S. The van der Waals surface area contributed by atoms with Crippen LogP contribution in [0.15, 0.2) is 71.3 Å². The first kappa shape index (κ1) is 21.2. The molecule has 0 unspecified atom stereocenters. The Morgan fingerprint density at radius 3 is 2.69 bits per heavy atom. The highest BCUT2D eigenvalue weighted by Gasteiger charge is 2.26. The van der Waals surface area contributed by atoms with Crippen LogP contribution < -0.4 is 0 Å². The molecule has 4 aromatic rings. The van der Waals surface area contributed by atoms with Crippen molar-refractivity contribution < 1.29 is 17.9 Å². The van der Waals surface area contributed by atoms with E-state index >= 15 is 0 Å². The number of nitrogens with zero attached hydrogens (tertiary/aromatic N) is 6. The van der Waals surface area contributed by atoms with E-state index in [-0.39, 0.29) is 10.7 Å². The molecule has 0 N–H and O–H groups in total. The van der Waals surface area contributed by atoms with Gasteiger partial charge < -0.3 is 9.30 Å². The van der Waals surface area contributed by atoms with Crippen LogP contribution in [0.25, 0.3) is 16.8 Å². The van der Waals surface area contributed by atoms with Crippen molar-refractivity contribution in [2.24, 2.45) is 12.1 Å². The van der Waals surface area contributed by atoms with Gasteiger partial charge in [0, 0.05) is 43.8 Å². The minimum atomic E-state index is -4.00. The van der Waals surface area contributed by atoms with Gasteiger partial charge in [-0.25, -0.2) is 9.78 Å². The summed E-state index contributed by atoms with van der Waals surface area (Å²) >= 11 is 0. The Morgan fingerprint density at radius 1 is 1.16 bits per heavy atom. The van der Waals surface area contributed by atoms with Crippen LogP contribution in [0.4, 0.5) is 0 Å². The molecule has 0 amide bonds. The fourth-order valence-electron chi connectivity index (χ4n) is 3.20. The molecule has 0 spiro atoms. The van der Waals surface area contributed by atoms with Crippen LogP contribution in [0.1, 0.15) is 16.2 Å². The molecule has 0 radical (unpaired) electrons. The van der Waals surface area contributed by atoms with Crippen LogP contribution in [0, 0.1) is 0 Å². The number of methoxy groups -OCH3 is 1. The number of hydrogen-bond donors (Lipinski definition) is 0. The van der Waals surface area contributed by atoms with Gasteiger partial charge in [0.05, 0.1) is 25.2 Å². The first-order chi connectivity index (χ1) is 15.3. The molecule has 0 fully saturated rings. The topological polar surface area (TPSA) is 111 Å². The molecule has 0 aliphatic heterocycles. The van der Waals surface area contributed by atoms with Gasteiger partial charge in [-0.15, -0.1) is 0 Å². The van der Waals surface area contributed by atoms with E-state index in [2.05, 4.69) is 19.8 Å². The lowest BCUT2D eigenvalue weighted by Crippen LogP contribution is -2.24. The zero-order valence-electron chi connectivity index (χ0n) is 17.6. The second-order valence-corrected chi connectivity index (χ2v) is 8.76. The molecule has 4 aromatic heterocycles. The average Bonchev–Trinajstić information content (AvgIpc) is 3.40. The third kappa shape index (κ3) is 3.73. The number of carbonyl (C=O) groups is 1. The van der Waals surface area contributed by atoms with Crippen molar-refractivity contribution in [3.63, 3.8) is 0 Å². The number of imidazole rings is 1. The smallest absolute Gasteiger partial charge is 0.354 e. The van der Waals surface area contributed by atoms with E-state index < -0.39 is 16.0 Å². The molecule has 164 valence electrons. The number of hydrogen-bond acceptors (Lipinski definition) is 7. The molecular weight excluding hydrogens is 432 g/mol. The first-order valence-electron chi connectivity index (χ1n) is 9.47. The number of ether oxygens (including phenoxy) is 1. The Morgan fingerprint density at radius 2 is 1.97 bits per heavy atom. The number of hydrazone groups is 1. The summed E-state index contributed by atoms with van der Waals surface area (Å²) in [5.41, 5.74) is 3.27. The fraction of sp³-hybridized carbons (Fsp3) is 0.143. The highest BCUT2D eigenvalue weighted by molar-refractivity contribution is 7.89. The van der Waals surface area contributed by atoms with Gasteiger partial charge in [-0.3, -0.25) is 9.38 Å².